The van der Waals surface area contributed by atoms with Crippen molar-refractivity contribution in [3.8, 4) is 11.5 Å². The summed E-state index contributed by atoms with van der Waals surface area (Å²) in [5.74, 6) is 0.0317. The van der Waals surface area contributed by atoms with Crippen LogP contribution in [0, 0.1) is 0 Å². The molecule has 0 atom stereocenters. The molecule has 148 valence electrons. The zero-order valence-corrected chi connectivity index (χ0v) is 15.1. The Morgan fingerprint density at radius 3 is 2.61 bits per heavy atom. The standard InChI is InChI=1S/C20H19F3N2O3/c1-3-11-28-17-10-9-14(12-18(17)27-4-2)13-24-25-19(26)15-7-5-6-8-16(15)20(21,22)23/h3,5-10,12-13H,1,4,11H2,2H3,(H,25,26)/b24-13+. The van der Waals surface area contributed by atoms with Gasteiger partial charge in [0.25, 0.3) is 5.91 Å². The Labute approximate surface area is 160 Å². The molecule has 0 heterocycles. The molecule has 0 saturated heterocycles. The summed E-state index contributed by atoms with van der Waals surface area (Å²) in [6.07, 6.45) is -1.74. The van der Waals surface area contributed by atoms with E-state index in [-0.39, 0.29) is 0 Å². The Morgan fingerprint density at radius 2 is 1.93 bits per heavy atom. The lowest BCUT2D eigenvalue weighted by atomic mass is 10.1. The minimum atomic E-state index is -4.63. The first-order valence-electron chi connectivity index (χ1n) is 8.37. The summed E-state index contributed by atoms with van der Waals surface area (Å²) < 4.78 is 49.9. The van der Waals surface area contributed by atoms with E-state index in [1.165, 1.54) is 18.3 Å². The second-order valence-electron chi connectivity index (χ2n) is 5.48. The average molecular weight is 392 g/mol. The number of hydrogen-bond donors (Lipinski definition) is 1. The van der Waals surface area contributed by atoms with Crippen LogP contribution in [0.25, 0.3) is 0 Å². The summed E-state index contributed by atoms with van der Waals surface area (Å²) in [4.78, 5) is 12.1. The molecule has 0 saturated carbocycles. The smallest absolute Gasteiger partial charge is 0.417 e. The fourth-order valence-corrected chi connectivity index (χ4v) is 2.30. The average Bonchev–Trinajstić information content (AvgIpc) is 2.67. The molecule has 2 rings (SSSR count). The summed E-state index contributed by atoms with van der Waals surface area (Å²) >= 11 is 0. The molecule has 0 aliphatic heterocycles. The minimum absolute atomic E-state index is 0.308. The van der Waals surface area contributed by atoms with Crippen LogP contribution < -0.4 is 14.9 Å². The molecule has 0 unspecified atom stereocenters. The fourth-order valence-electron chi connectivity index (χ4n) is 2.30. The zero-order chi connectivity index (χ0) is 20.6. The van der Waals surface area contributed by atoms with Crippen molar-refractivity contribution in [1.29, 1.82) is 0 Å². The maximum absolute atomic E-state index is 13.0. The second kappa shape index (κ2) is 9.59. The van der Waals surface area contributed by atoms with Crippen LogP contribution in [-0.2, 0) is 6.18 Å². The topological polar surface area (TPSA) is 59.9 Å². The van der Waals surface area contributed by atoms with Gasteiger partial charge in [-0.1, -0.05) is 24.8 Å². The first-order valence-corrected chi connectivity index (χ1v) is 8.37. The largest absolute Gasteiger partial charge is 0.490 e. The Bertz CT molecular complexity index is 864. The molecule has 0 fully saturated rings. The highest BCUT2D eigenvalue weighted by Gasteiger charge is 2.34. The molecule has 0 spiro atoms. The number of carbonyl (C=O) groups excluding carboxylic acids is 1. The van der Waals surface area contributed by atoms with E-state index >= 15 is 0 Å². The van der Waals surface area contributed by atoms with E-state index in [2.05, 4.69) is 17.1 Å². The van der Waals surface area contributed by atoms with Gasteiger partial charge in [-0.3, -0.25) is 4.79 Å². The van der Waals surface area contributed by atoms with Crippen molar-refractivity contribution >= 4 is 12.1 Å². The molecule has 0 radical (unpaired) electrons. The first kappa shape index (κ1) is 21.0. The predicted molar refractivity (Wildman–Crippen MR) is 99.8 cm³/mol. The maximum Gasteiger partial charge on any atom is 0.417 e. The van der Waals surface area contributed by atoms with E-state index < -0.39 is 23.2 Å². The lowest BCUT2D eigenvalue weighted by Gasteiger charge is -2.11. The summed E-state index contributed by atoms with van der Waals surface area (Å²) in [5.41, 5.74) is 1.15. The van der Waals surface area contributed by atoms with E-state index in [4.69, 9.17) is 9.47 Å². The van der Waals surface area contributed by atoms with Gasteiger partial charge in [0.15, 0.2) is 11.5 Å². The van der Waals surface area contributed by atoms with Gasteiger partial charge in [-0.15, -0.1) is 0 Å². The normalized spacial score (nSPS) is 11.3. The van der Waals surface area contributed by atoms with Gasteiger partial charge in [0.2, 0.25) is 0 Å². The van der Waals surface area contributed by atoms with Gasteiger partial charge in [-0.25, -0.2) is 5.43 Å². The Kier molecular flexibility index (Phi) is 7.20. The number of rotatable bonds is 8. The maximum atomic E-state index is 13.0. The third kappa shape index (κ3) is 5.60. The van der Waals surface area contributed by atoms with Crippen LogP contribution in [0.5, 0.6) is 11.5 Å². The number of amides is 1. The van der Waals surface area contributed by atoms with Crippen LogP contribution in [0.4, 0.5) is 13.2 Å². The van der Waals surface area contributed by atoms with Crippen molar-refractivity contribution < 1.29 is 27.4 Å². The van der Waals surface area contributed by atoms with E-state index in [0.29, 0.717) is 30.3 Å². The lowest BCUT2D eigenvalue weighted by Crippen LogP contribution is -2.22. The fraction of sp³-hybridized carbons (Fsp3) is 0.200. The van der Waals surface area contributed by atoms with Crippen LogP contribution in [0.15, 0.2) is 60.2 Å². The third-order valence-corrected chi connectivity index (χ3v) is 3.48. The SMILES string of the molecule is C=CCOc1ccc(/C=N/NC(=O)c2ccccc2C(F)(F)F)cc1OCC. The van der Waals surface area contributed by atoms with Gasteiger partial charge >= 0.3 is 6.18 Å². The van der Waals surface area contributed by atoms with Crippen molar-refractivity contribution in [3.63, 3.8) is 0 Å². The highest BCUT2D eigenvalue weighted by molar-refractivity contribution is 5.96. The molecule has 8 heteroatoms. The Morgan fingerprint density at radius 1 is 1.18 bits per heavy atom. The number of hydrogen-bond acceptors (Lipinski definition) is 4. The van der Waals surface area contributed by atoms with Crippen LogP contribution in [-0.4, -0.2) is 25.3 Å². The zero-order valence-electron chi connectivity index (χ0n) is 15.1. The number of nitrogens with zero attached hydrogens (tertiary/aromatic N) is 1. The molecule has 0 aromatic heterocycles. The number of nitrogens with one attached hydrogen (secondary N) is 1. The molecular weight excluding hydrogens is 373 g/mol. The van der Waals surface area contributed by atoms with Crippen molar-refractivity contribution in [2.45, 2.75) is 13.1 Å². The lowest BCUT2D eigenvalue weighted by molar-refractivity contribution is -0.137. The molecule has 2 aromatic rings. The molecule has 2 aromatic carbocycles. The molecule has 0 bridgehead atoms. The number of alkyl halides is 3. The van der Waals surface area contributed by atoms with E-state index in [1.54, 1.807) is 24.3 Å². The van der Waals surface area contributed by atoms with Gasteiger partial charge in [0, 0.05) is 0 Å². The van der Waals surface area contributed by atoms with Gasteiger partial charge in [-0.05, 0) is 42.8 Å². The van der Waals surface area contributed by atoms with E-state index in [0.717, 1.165) is 12.1 Å². The highest BCUT2D eigenvalue weighted by Crippen LogP contribution is 2.32. The quantitative estimate of drug-likeness (QED) is 0.411. The van der Waals surface area contributed by atoms with Gasteiger partial charge in [0.1, 0.15) is 6.61 Å². The summed E-state index contributed by atoms with van der Waals surface area (Å²) in [7, 11) is 0. The minimum Gasteiger partial charge on any atom is -0.490 e. The molecule has 1 N–H and O–H groups in total. The number of halogens is 3. The number of hydrazone groups is 1. The molecular formula is C20H19F3N2O3. The van der Waals surface area contributed by atoms with E-state index in [1.807, 2.05) is 6.92 Å². The van der Waals surface area contributed by atoms with Crippen molar-refractivity contribution in [3.05, 3.63) is 71.8 Å². The highest BCUT2D eigenvalue weighted by atomic mass is 19.4. The molecule has 0 aliphatic rings. The number of carbonyl (C=O) groups is 1. The van der Waals surface area contributed by atoms with Crippen LogP contribution in [0.1, 0.15) is 28.4 Å². The van der Waals surface area contributed by atoms with Crippen molar-refractivity contribution in [2.75, 3.05) is 13.2 Å². The monoisotopic (exact) mass is 392 g/mol. The third-order valence-electron chi connectivity index (χ3n) is 3.48. The molecule has 28 heavy (non-hydrogen) atoms. The summed E-state index contributed by atoms with van der Waals surface area (Å²) in [6, 6.07) is 9.47. The Hall–Kier alpha value is -3.29. The Balaban J connectivity index is 2.13. The van der Waals surface area contributed by atoms with E-state index in [9.17, 15) is 18.0 Å². The number of ether oxygens (including phenoxy) is 2. The molecule has 0 aliphatic carbocycles. The predicted octanol–water partition coefficient (Wildman–Crippen LogP) is 4.43. The summed E-state index contributed by atoms with van der Waals surface area (Å²) in [6.45, 7) is 6.11. The molecule has 1 amide bonds. The molecule has 5 nitrogen and oxygen atoms in total. The van der Waals surface area contributed by atoms with Gasteiger partial charge in [-0.2, -0.15) is 18.3 Å². The van der Waals surface area contributed by atoms with Crippen LogP contribution in [0.2, 0.25) is 0 Å². The number of benzene rings is 2. The van der Waals surface area contributed by atoms with Crippen LogP contribution in [0.3, 0.4) is 0 Å². The van der Waals surface area contributed by atoms with Crippen LogP contribution >= 0.6 is 0 Å². The van der Waals surface area contributed by atoms with Gasteiger partial charge < -0.3 is 9.47 Å². The summed E-state index contributed by atoms with van der Waals surface area (Å²) in [5, 5.41) is 3.73. The van der Waals surface area contributed by atoms with Crippen molar-refractivity contribution in [1.82, 2.24) is 5.43 Å². The van der Waals surface area contributed by atoms with Gasteiger partial charge in [0.05, 0.1) is 23.9 Å². The second-order valence-corrected chi connectivity index (χ2v) is 5.48. The van der Waals surface area contributed by atoms with Crippen molar-refractivity contribution in [2.24, 2.45) is 5.10 Å². The first-order chi connectivity index (χ1) is 13.4.